The summed E-state index contributed by atoms with van der Waals surface area (Å²) in [6.45, 7) is -1.52. The smallest absolute Gasteiger partial charge is 0.408 e. The van der Waals surface area contributed by atoms with Crippen molar-refractivity contribution in [1.29, 1.82) is 0 Å². The van der Waals surface area contributed by atoms with Gasteiger partial charge in [0.05, 0.1) is 6.54 Å². The molecule has 142 valence electrons. The number of carbonyl (C=O) groups excluding carboxylic acids is 3. The number of Topliss-reactive ketones (excluding diaryl/α,β-unsaturated/α-hetero) is 1. The third-order valence-electron chi connectivity index (χ3n) is 3.71. The summed E-state index contributed by atoms with van der Waals surface area (Å²) >= 11 is 0. The van der Waals surface area contributed by atoms with Gasteiger partial charge >= 0.3 is 6.09 Å². The maximum absolute atomic E-state index is 12.3. The van der Waals surface area contributed by atoms with Crippen molar-refractivity contribution in [2.75, 3.05) is 13.2 Å². The molecule has 2 amide bonds. The molecule has 0 aromatic heterocycles. The monoisotopic (exact) mass is 372 g/mol. The molecule has 0 saturated carbocycles. The molecular formula is C20H21FN2O4. The zero-order valence-electron chi connectivity index (χ0n) is 14.7. The third kappa shape index (κ3) is 7.27. The van der Waals surface area contributed by atoms with Gasteiger partial charge in [0.2, 0.25) is 5.91 Å². The first-order valence-corrected chi connectivity index (χ1v) is 8.45. The van der Waals surface area contributed by atoms with Crippen molar-refractivity contribution in [2.24, 2.45) is 0 Å². The van der Waals surface area contributed by atoms with Crippen molar-refractivity contribution in [1.82, 2.24) is 10.6 Å². The summed E-state index contributed by atoms with van der Waals surface area (Å²) in [6.07, 6.45) is -0.552. The molecule has 2 aromatic rings. The lowest BCUT2D eigenvalue weighted by molar-refractivity contribution is -0.126. The van der Waals surface area contributed by atoms with Crippen LogP contribution in [0.1, 0.15) is 11.1 Å². The van der Waals surface area contributed by atoms with E-state index in [0.29, 0.717) is 0 Å². The largest absolute Gasteiger partial charge is 0.445 e. The normalized spacial score (nSPS) is 11.3. The van der Waals surface area contributed by atoms with Crippen molar-refractivity contribution >= 4 is 17.8 Å². The van der Waals surface area contributed by atoms with Crippen molar-refractivity contribution in [3.8, 4) is 0 Å². The zero-order chi connectivity index (χ0) is 19.5. The molecule has 0 fully saturated rings. The van der Waals surface area contributed by atoms with Crippen LogP contribution in [0.2, 0.25) is 0 Å². The lowest BCUT2D eigenvalue weighted by Gasteiger charge is -2.18. The topological polar surface area (TPSA) is 84.5 Å². The van der Waals surface area contributed by atoms with Crippen molar-refractivity contribution in [2.45, 2.75) is 19.1 Å². The number of ether oxygens (including phenoxy) is 1. The van der Waals surface area contributed by atoms with Gasteiger partial charge in [0.15, 0.2) is 5.78 Å². The van der Waals surface area contributed by atoms with Gasteiger partial charge in [-0.15, -0.1) is 0 Å². The van der Waals surface area contributed by atoms with Crippen molar-refractivity contribution in [3.63, 3.8) is 0 Å². The predicted octanol–water partition coefficient (Wildman–Crippen LogP) is 2.18. The Morgan fingerprint density at radius 3 is 2.11 bits per heavy atom. The second kappa shape index (κ2) is 10.7. The highest BCUT2D eigenvalue weighted by Gasteiger charge is 2.22. The number of alkyl carbamates (subject to hydrolysis) is 1. The fourth-order valence-corrected chi connectivity index (χ4v) is 2.32. The Hall–Kier alpha value is -3.22. The number of amides is 2. The van der Waals surface area contributed by atoms with Gasteiger partial charge in [-0.25, -0.2) is 9.18 Å². The van der Waals surface area contributed by atoms with Crippen LogP contribution < -0.4 is 10.6 Å². The van der Waals surface area contributed by atoms with E-state index in [4.69, 9.17) is 4.74 Å². The van der Waals surface area contributed by atoms with E-state index < -0.39 is 37.0 Å². The first kappa shape index (κ1) is 20.1. The van der Waals surface area contributed by atoms with Gasteiger partial charge < -0.3 is 15.4 Å². The van der Waals surface area contributed by atoms with Gasteiger partial charge in [-0.2, -0.15) is 0 Å². The summed E-state index contributed by atoms with van der Waals surface area (Å²) in [6, 6.07) is 17.2. The second-order valence-corrected chi connectivity index (χ2v) is 5.84. The molecule has 7 heteroatoms. The number of nitrogens with one attached hydrogen (secondary N) is 2. The number of alkyl halides is 1. The number of benzene rings is 2. The number of hydrogen-bond acceptors (Lipinski definition) is 4. The first-order valence-electron chi connectivity index (χ1n) is 8.45. The van der Waals surface area contributed by atoms with Crippen LogP contribution in [0.15, 0.2) is 60.7 Å². The minimum Gasteiger partial charge on any atom is -0.445 e. The average molecular weight is 372 g/mol. The summed E-state index contributed by atoms with van der Waals surface area (Å²) in [4.78, 5) is 35.5. The Kier molecular flexibility index (Phi) is 7.96. The molecule has 0 aliphatic rings. The highest BCUT2D eigenvalue weighted by Crippen LogP contribution is 2.05. The third-order valence-corrected chi connectivity index (χ3v) is 3.71. The van der Waals surface area contributed by atoms with Crippen LogP contribution in [0, 0.1) is 0 Å². The quantitative estimate of drug-likeness (QED) is 0.707. The van der Waals surface area contributed by atoms with E-state index in [1.165, 1.54) is 0 Å². The standard InChI is InChI=1S/C20H21FN2O4/c21-12-17(24)13-22-19(25)18(11-15-7-3-1-4-8-15)23-20(26)27-14-16-9-5-2-6-10-16/h1-10,18H,11-14H2,(H,22,25)(H,23,26)/t18-/m0/s1. The van der Waals surface area contributed by atoms with E-state index in [0.717, 1.165) is 11.1 Å². The van der Waals surface area contributed by atoms with Gasteiger partial charge in [-0.05, 0) is 11.1 Å². The average Bonchev–Trinajstić information content (AvgIpc) is 2.71. The molecule has 0 spiro atoms. The lowest BCUT2D eigenvalue weighted by atomic mass is 10.1. The maximum atomic E-state index is 12.3. The predicted molar refractivity (Wildman–Crippen MR) is 97.7 cm³/mol. The van der Waals surface area contributed by atoms with Crippen molar-refractivity contribution in [3.05, 3.63) is 71.8 Å². The fraction of sp³-hybridized carbons (Fsp3) is 0.250. The van der Waals surface area contributed by atoms with Crippen LogP contribution in [-0.2, 0) is 27.4 Å². The Labute approximate surface area is 156 Å². The number of hydrogen-bond donors (Lipinski definition) is 2. The van der Waals surface area contributed by atoms with Crippen LogP contribution in [0.25, 0.3) is 0 Å². The molecule has 6 nitrogen and oxygen atoms in total. The van der Waals surface area contributed by atoms with Gasteiger partial charge in [0.1, 0.15) is 19.3 Å². The maximum Gasteiger partial charge on any atom is 0.408 e. The molecule has 0 radical (unpaired) electrons. The molecule has 1 atom stereocenters. The molecule has 2 N–H and O–H groups in total. The Morgan fingerprint density at radius 1 is 0.926 bits per heavy atom. The molecule has 0 saturated heterocycles. The summed E-state index contributed by atoms with van der Waals surface area (Å²) in [5.41, 5.74) is 1.63. The van der Waals surface area contributed by atoms with E-state index in [-0.39, 0.29) is 13.0 Å². The number of rotatable bonds is 9. The summed E-state index contributed by atoms with van der Waals surface area (Å²) < 4.78 is 17.4. The van der Waals surface area contributed by atoms with Crippen LogP contribution in [-0.4, -0.2) is 37.0 Å². The lowest BCUT2D eigenvalue weighted by Crippen LogP contribution is -2.49. The Balaban J connectivity index is 1.96. The molecule has 0 aliphatic heterocycles. The van der Waals surface area contributed by atoms with Crippen molar-refractivity contribution < 1.29 is 23.5 Å². The minimum atomic E-state index is -1.16. The summed E-state index contributed by atoms with van der Waals surface area (Å²) in [7, 11) is 0. The van der Waals surface area contributed by atoms with Crippen LogP contribution in [0.5, 0.6) is 0 Å². The minimum absolute atomic E-state index is 0.0622. The molecule has 0 aliphatic carbocycles. The molecule has 2 rings (SSSR count). The zero-order valence-corrected chi connectivity index (χ0v) is 14.7. The van der Waals surface area contributed by atoms with E-state index >= 15 is 0 Å². The first-order chi connectivity index (χ1) is 13.1. The molecular weight excluding hydrogens is 351 g/mol. The number of carbonyl (C=O) groups is 3. The van der Waals surface area contributed by atoms with Gasteiger partial charge in [-0.1, -0.05) is 60.7 Å². The molecule has 0 unspecified atom stereocenters. The Morgan fingerprint density at radius 2 is 1.52 bits per heavy atom. The Bertz CT molecular complexity index is 753. The van der Waals surface area contributed by atoms with Gasteiger partial charge in [-0.3, -0.25) is 9.59 Å². The van der Waals surface area contributed by atoms with E-state index in [2.05, 4.69) is 10.6 Å². The molecule has 2 aromatic carbocycles. The van der Waals surface area contributed by atoms with Gasteiger partial charge in [0, 0.05) is 6.42 Å². The second-order valence-electron chi connectivity index (χ2n) is 5.84. The van der Waals surface area contributed by atoms with E-state index in [9.17, 15) is 18.8 Å². The summed E-state index contributed by atoms with van der Waals surface area (Å²) in [5.74, 6) is -1.33. The molecule has 0 bridgehead atoms. The van der Waals surface area contributed by atoms with Gasteiger partial charge in [0.25, 0.3) is 0 Å². The molecule has 27 heavy (non-hydrogen) atoms. The van der Waals surface area contributed by atoms with Crippen LogP contribution >= 0.6 is 0 Å². The highest BCUT2D eigenvalue weighted by atomic mass is 19.1. The van der Waals surface area contributed by atoms with Crippen LogP contribution in [0.4, 0.5) is 9.18 Å². The van der Waals surface area contributed by atoms with E-state index in [1.807, 2.05) is 60.7 Å². The fourth-order valence-electron chi connectivity index (χ4n) is 2.32. The van der Waals surface area contributed by atoms with Crippen LogP contribution in [0.3, 0.4) is 0 Å². The van der Waals surface area contributed by atoms with E-state index in [1.54, 1.807) is 0 Å². The highest BCUT2D eigenvalue weighted by molar-refractivity contribution is 5.90. The molecule has 0 heterocycles. The number of halogens is 1. The SMILES string of the molecule is O=C(CF)CNC(=O)[C@H](Cc1ccccc1)NC(=O)OCc1ccccc1. The number of ketones is 1. The summed E-state index contributed by atoms with van der Waals surface area (Å²) in [5, 5.41) is 4.83.